The Morgan fingerprint density at radius 2 is 1.83 bits per heavy atom. The molecule has 1 aliphatic heterocycles. The number of carbonyl (C=O) groups is 1. The van der Waals surface area contributed by atoms with E-state index in [1.165, 1.54) is 12.8 Å². The molecule has 3 aromatic rings. The lowest BCUT2D eigenvalue weighted by atomic mass is 10.1. The van der Waals surface area contributed by atoms with Crippen LogP contribution in [0.15, 0.2) is 57.8 Å². The molecule has 0 aliphatic carbocycles. The number of rotatable bonds is 5. The van der Waals surface area contributed by atoms with E-state index >= 15 is 0 Å². The lowest BCUT2D eigenvalue weighted by molar-refractivity contribution is 0.0924. The van der Waals surface area contributed by atoms with Crippen LogP contribution in [0.5, 0.6) is 0 Å². The summed E-state index contributed by atoms with van der Waals surface area (Å²) in [4.78, 5) is 13.4. The Kier molecular flexibility index (Phi) is 6.23. The number of nitrogens with zero attached hydrogens (tertiary/aromatic N) is 1. The fourth-order valence-electron chi connectivity index (χ4n) is 3.74. The molecule has 2 heterocycles. The van der Waals surface area contributed by atoms with E-state index in [9.17, 15) is 9.35 Å². The first kappa shape index (κ1) is 20.0. The number of nitrogens with one attached hydrogen (secondary N) is 1. The molecule has 1 atom stereocenters. The molecule has 2 aromatic carbocycles. The van der Waals surface area contributed by atoms with Gasteiger partial charge in [-0.05, 0) is 37.5 Å². The van der Waals surface area contributed by atoms with Crippen LogP contribution in [0.1, 0.15) is 47.4 Å². The van der Waals surface area contributed by atoms with Crippen LogP contribution in [0.3, 0.4) is 0 Å². The van der Waals surface area contributed by atoms with E-state index in [1.807, 2.05) is 55.5 Å². The van der Waals surface area contributed by atoms with E-state index < -0.39 is 11.4 Å². The van der Waals surface area contributed by atoms with Gasteiger partial charge in [0.15, 0.2) is 10.7 Å². The molecule has 152 valence electrons. The number of benzene rings is 2. The molecule has 1 saturated heterocycles. The van der Waals surface area contributed by atoms with E-state index in [4.69, 9.17) is 4.42 Å². The van der Waals surface area contributed by atoms with Gasteiger partial charge in [0.2, 0.25) is 0 Å². The van der Waals surface area contributed by atoms with Gasteiger partial charge in [0.1, 0.15) is 5.58 Å². The molecule has 1 amide bonds. The van der Waals surface area contributed by atoms with Gasteiger partial charge in [-0.2, -0.15) is 0 Å². The van der Waals surface area contributed by atoms with Crippen molar-refractivity contribution >= 4 is 28.2 Å². The molecule has 1 N–H and O–H groups in total. The number of amides is 1. The van der Waals surface area contributed by atoms with Gasteiger partial charge in [-0.3, -0.25) is 4.79 Å². The third-order valence-corrected chi connectivity index (χ3v) is 6.90. The van der Waals surface area contributed by atoms with E-state index in [0.29, 0.717) is 17.9 Å². The van der Waals surface area contributed by atoms with Crippen LogP contribution in [0.4, 0.5) is 0 Å². The van der Waals surface area contributed by atoms with Crippen molar-refractivity contribution in [2.45, 2.75) is 44.0 Å². The second kappa shape index (κ2) is 9.03. The highest BCUT2D eigenvalue weighted by Crippen LogP contribution is 2.29. The Hall–Kier alpha value is -2.28. The zero-order chi connectivity index (χ0) is 20.2. The van der Waals surface area contributed by atoms with Crippen LogP contribution in [0.25, 0.3) is 11.0 Å². The molecular formula is C23H26N2O3S. The maximum atomic E-state index is 13.0. The summed E-state index contributed by atoms with van der Waals surface area (Å²) in [7, 11) is 0. The molecule has 1 unspecified atom stereocenters. The minimum absolute atomic E-state index is 0.238. The molecule has 29 heavy (non-hydrogen) atoms. The van der Waals surface area contributed by atoms with Crippen LogP contribution < -0.4 is 5.32 Å². The molecule has 5 nitrogen and oxygen atoms in total. The average Bonchev–Trinajstić information content (AvgIpc) is 2.92. The summed E-state index contributed by atoms with van der Waals surface area (Å²) in [6.07, 6.45) is 4.58. The molecule has 0 saturated carbocycles. The number of hydrogen-bond donors (Lipinski definition) is 1. The number of hydrogen-bond acceptors (Lipinski definition) is 4. The summed E-state index contributed by atoms with van der Waals surface area (Å²) in [5.41, 5.74) is 2.45. The summed E-state index contributed by atoms with van der Waals surface area (Å²) in [5, 5.41) is 3.76. The van der Waals surface area contributed by atoms with Gasteiger partial charge in [0, 0.05) is 36.7 Å². The maximum Gasteiger partial charge on any atom is 0.287 e. The topological polar surface area (TPSA) is 68.5 Å². The molecule has 1 fully saturated rings. The summed E-state index contributed by atoms with van der Waals surface area (Å²) >= 11 is -1.18. The largest absolute Gasteiger partial charge is 0.593 e. The zero-order valence-corrected chi connectivity index (χ0v) is 17.5. The van der Waals surface area contributed by atoms with Crippen molar-refractivity contribution in [2.75, 3.05) is 13.1 Å². The molecule has 0 spiro atoms. The van der Waals surface area contributed by atoms with Crippen molar-refractivity contribution < 1.29 is 13.8 Å². The van der Waals surface area contributed by atoms with Crippen LogP contribution >= 0.6 is 0 Å². The van der Waals surface area contributed by atoms with Crippen molar-refractivity contribution in [1.29, 1.82) is 0 Å². The first-order valence-corrected chi connectivity index (χ1v) is 11.3. The van der Waals surface area contributed by atoms with Crippen molar-refractivity contribution in [3.8, 4) is 0 Å². The van der Waals surface area contributed by atoms with Crippen molar-refractivity contribution in [3.63, 3.8) is 0 Å². The molecule has 0 radical (unpaired) electrons. The first-order chi connectivity index (χ1) is 14.1. The molecule has 6 heteroatoms. The first-order valence-electron chi connectivity index (χ1n) is 10.2. The second-order valence-electron chi connectivity index (χ2n) is 7.47. The maximum absolute atomic E-state index is 13.0. The summed E-state index contributed by atoms with van der Waals surface area (Å²) < 4.78 is 20.9. The van der Waals surface area contributed by atoms with Crippen LogP contribution in [0, 0.1) is 6.92 Å². The van der Waals surface area contributed by atoms with Gasteiger partial charge < -0.3 is 14.3 Å². The van der Waals surface area contributed by atoms with Gasteiger partial charge >= 0.3 is 0 Å². The molecule has 0 bridgehead atoms. The highest BCUT2D eigenvalue weighted by atomic mass is 32.2. The lowest BCUT2D eigenvalue weighted by Gasteiger charge is -2.22. The van der Waals surface area contributed by atoms with Crippen LogP contribution in [0.2, 0.25) is 0 Å². The molecule has 1 aromatic heterocycles. The monoisotopic (exact) mass is 410 g/mol. The zero-order valence-electron chi connectivity index (χ0n) is 16.6. The fraction of sp³-hybridized carbons (Fsp3) is 0.348. The Labute approximate surface area is 174 Å². The number of carbonyl (C=O) groups excluding carboxylic acids is 1. The third-order valence-electron chi connectivity index (χ3n) is 5.41. The Balaban J connectivity index is 1.53. The third kappa shape index (κ3) is 4.50. The van der Waals surface area contributed by atoms with Gasteiger partial charge in [-0.15, -0.1) is 4.31 Å². The summed E-state index contributed by atoms with van der Waals surface area (Å²) in [6.45, 7) is 4.05. The van der Waals surface area contributed by atoms with Crippen molar-refractivity contribution in [1.82, 2.24) is 9.62 Å². The van der Waals surface area contributed by atoms with Crippen LogP contribution in [-0.4, -0.2) is 27.9 Å². The molecule has 4 rings (SSSR count). The Morgan fingerprint density at radius 3 is 2.55 bits per heavy atom. The number of aryl methyl sites for hydroxylation is 1. The van der Waals surface area contributed by atoms with Gasteiger partial charge in [-0.25, -0.2) is 0 Å². The highest BCUT2D eigenvalue weighted by molar-refractivity contribution is 7.89. The SMILES string of the molecule is Cc1c(C(=O)NCc2ccccc2)oc2ccc([S+]([O-])N3CCCCCC3)cc12. The smallest absolute Gasteiger partial charge is 0.287 e. The lowest BCUT2D eigenvalue weighted by Crippen LogP contribution is -2.31. The van der Waals surface area contributed by atoms with E-state index in [0.717, 1.165) is 47.3 Å². The van der Waals surface area contributed by atoms with Crippen molar-refractivity contribution in [3.05, 3.63) is 65.4 Å². The summed E-state index contributed by atoms with van der Waals surface area (Å²) in [6, 6.07) is 15.3. The fourth-order valence-corrected chi connectivity index (χ4v) is 5.03. The number of furan rings is 1. The van der Waals surface area contributed by atoms with E-state index in [1.54, 1.807) is 0 Å². The van der Waals surface area contributed by atoms with Crippen molar-refractivity contribution in [2.24, 2.45) is 0 Å². The van der Waals surface area contributed by atoms with E-state index in [-0.39, 0.29) is 5.91 Å². The molecule has 1 aliphatic rings. The highest BCUT2D eigenvalue weighted by Gasteiger charge is 2.25. The number of fused-ring (bicyclic) bond motifs is 1. The van der Waals surface area contributed by atoms with Gasteiger partial charge in [-0.1, -0.05) is 43.2 Å². The predicted octanol–water partition coefficient (Wildman–Crippen LogP) is 4.57. The van der Waals surface area contributed by atoms with Gasteiger partial charge in [0.25, 0.3) is 5.91 Å². The second-order valence-corrected chi connectivity index (χ2v) is 8.96. The average molecular weight is 411 g/mol. The Bertz CT molecular complexity index is 978. The summed E-state index contributed by atoms with van der Waals surface area (Å²) in [5.74, 6) is 0.0754. The Morgan fingerprint density at radius 1 is 1.10 bits per heavy atom. The predicted molar refractivity (Wildman–Crippen MR) is 115 cm³/mol. The van der Waals surface area contributed by atoms with Gasteiger partial charge in [0.05, 0.1) is 11.4 Å². The van der Waals surface area contributed by atoms with Crippen LogP contribution in [-0.2, 0) is 17.9 Å². The molecular weight excluding hydrogens is 384 g/mol. The quantitative estimate of drug-likeness (QED) is 0.626. The minimum Gasteiger partial charge on any atom is -0.593 e. The normalized spacial score (nSPS) is 16.5. The minimum atomic E-state index is -1.18. The standard InChI is InChI=1S/C23H26N2O3S/c1-17-20-15-19(29(27)25-13-7-2-3-8-14-25)11-12-21(20)28-22(17)23(26)24-16-18-9-5-4-6-10-18/h4-6,9-12,15H,2-3,7-8,13-14,16H2,1H3,(H,24,26). The van der Waals surface area contributed by atoms with E-state index in [2.05, 4.69) is 9.62 Å².